The van der Waals surface area contributed by atoms with Crippen LogP contribution in [-0.4, -0.2) is 23.5 Å². The van der Waals surface area contributed by atoms with Crippen LogP contribution in [0.15, 0.2) is 30.5 Å². The average molecular weight is 344 g/mol. The van der Waals surface area contributed by atoms with Crippen molar-refractivity contribution >= 4 is 17.6 Å². The summed E-state index contributed by atoms with van der Waals surface area (Å²) >= 11 is 0. The number of amides is 1. The molecular weight excluding hydrogens is 332 g/mol. The van der Waals surface area contributed by atoms with Crippen molar-refractivity contribution in [2.24, 2.45) is 0 Å². The number of anilines is 1. The summed E-state index contributed by atoms with van der Waals surface area (Å²) in [6.45, 7) is 1.77. The van der Waals surface area contributed by atoms with Crippen LogP contribution in [0.25, 0.3) is 0 Å². The Hall–Kier alpha value is -2.84. The largest absolute Gasteiger partial charge is 0.461 e. The number of alkyl halides is 3. The van der Waals surface area contributed by atoms with Gasteiger partial charge >= 0.3 is 12.1 Å². The van der Waals surface area contributed by atoms with Gasteiger partial charge in [-0.1, -0.05) is 0 Å². The van der Waals surface area contributed by atoms with Gasteiger partial charge in [0.2, 0.25) is 0 Å². The maximum atomic E-state index is 13.3. The second-order valence-corrected chi connectivity index (χ2v) is 4.70. The van der Waals surface area contributed by atoms with Crippen molar-refractivity contribution in [2.75, 3.05) is 11.9 Å². The van der Waals surface area contributed by atoms with Crippen molar-refractivity contribution in [1.82, 2.24) is 4.98 Å². The van der Waals surface area contributed by atoms with E-state index in [0.29, 0.717) is 18.2 Å². The van der Waals surface area contributed by atoms with Gasteiger partial charge in [-0.3, -0.25) is 4.79 Å². The van der Waals surface area contributed by atoms with Crippen LogP contribution < -0.4 is 5.32 Å². The van der Waals surface area contributed by atoms with Crippen LogP contribution >= 0.6 is 0 Å². The standard InChI is InChI=1S/C15H12F4N2O3/c1-2-24-14(23)12-6-11(7-20-12)21-13(22)8-3-9(15(17,18)19)5-10(16)4-8/h3-7,20H,2H2,1H3,(H,21,22). The third kappa shape index (κ3) is 4.12. The Kier molecular flexibility index (Phi) is 4.91. The van der Waals surface area contributed by atoms with Crippen LogP contribution in [-0.2, 0) is 10.9 Å². The Morgan fingerprint density at radius 1 is 1.21 bits per heavy atom. The Morgan fingerprint density at radius 3 is 2.54 bits per heavy atom. The van der Waals surface area contributed by atoms with Gasteiger partial charge in [0.05, 0.1) is 17.9 Å². The molecule has 1 amide bonds. The molecule has 0 saturated heterocycles. The molecule has 0 bridgehead atoms. The molecule has 0 unspecified atom stereocenters. The second kappa shape index (κ2) is 6.73. The van der Waals surface area contributed by atoms with Crippen molar-refractivity contribution in [3.05, 3.63) is 53.1 Å². The van der Waals surface area contributed by atoms with Gasteiger partial charge in [0.15, 0.2) is 0 Å². The van der Waals surface area contributed by atoms with Gasteiger partial charge in [-0.15, -0.1) is 0 Å². The summed E-state index contributed by atoms with van der Waals surface area (Å²) in [6.07, 6.45) is -3.52. The third-order valence-corrected chi connectivity index (χ3v) is 2.92. The van der Waals surface area contributed by atoms with E-state index >= 15 is 0 Å². The predicted molar refractivity (Wildman–Crippen MR) is 76.1 cm³/mol. The maximum absolute atomic E-state index is 13.3. The van der Waals surface area contributed by atoms with Gasteiger partial charge in [-0.2, -0.15) is 13.2 Å². The van der Waals surface area contributed by atoms with Gasteiger partial charge in [0.1, 0.15) is 11.5 Å². The molecular formula is C15H12F4N2O3. The predicted octanol–water partition coefficient (Wildman–Crippen LogP) is 3.60. The second-order valence-electron chi connectivity index (χ2n) is 4.70. The maximum Gasteiger partial charge on any atom is 0.416 e. The van der Waals surface area contributed by atoms with E-state index in [0.717, 1.165) is 0 Å². The molecule has 2 N–H and O–H groups in total. The number of aromatic nitrogens is 1. The zero-order valence-electron chi connectivity index (χ0n) is 12.3. The number of rotatable bonds is 4. The highest BCUT2D eigenvalue weighted by Crippen LogP contribution is 2.30. The highest BCUT2D eigenvalue weighted by Gasteiger charge is 2.32. The molecule has 0 atom stereocenters. The van der Waals surface area contributed by atoms with Crippen molar-refractivity contribution < 1.29 is 31.9 Å². The number of esters is 1. The SMILES string of the molecule is CCOC(=O)c1cc(NC(=O)c2cc(F)cc(C(F)(F)F)c2)c[nH]1. The zero-order valence-corrected chi connectivity index (χ0v) is 12.3. The number of ether oxygens (including phenoxy) is 1. The number of nitrogens with one attached hydrogen (secondary N) is 2. The van der Waals surface area contributed by atoms with E-state index in [-0.39, 0.29) is 18.0 Å². The van der Waals surface area contributed by atoms with Gasteiger partial charge in [-0.05, 0) is 31.2 Å². The summed E-state index contributed by atoms with van der Waals surface area (Å²) in [6, 6.07) is 2.77. The highest BCUT2D eigenvalue weighted by atomic mass is 19.4. The molecule has 2 rings (SSSR count). The van der Waals surface area contributed by atoms with Crippen LogP contribution in [0.4, 0.5) is 23.2 Å². The van der Waals surface area contributed by atoms with Crippen molar-refractivity contribution in [2.45, 2.75) is 13.1 Å². The monoisotopic (exact) mass is 344 g/mol. The molecule has 0 spiro atoms. The summed E-state index contributed by atoms with van der Waals surface area (Å²) < 4.78 is 56.0. The molecule has 0 saturated carbocycles. The highest BCUT2D eigenvalue weighted by molar-refractivity contribution is 6.05. The molecule has 128 valence electrons. The minimum Gasteiger partial charge on any atom is -0.461 e. The average Bonchev–Trinajstić information content (AvgIpc) is 2.94. The molecule has 0 aliphatic rings. The van der Waals surface area contributed by atoms with Crippen molar-refractivity contribution in [1.29, 1.82) is 0 Å². The molecule has 9 heteroatoms. The molecule has 1 aromatic carbocycles. The Balaban J connectivity index is 2.19. The number of aromatic amines is 1. The van der Waals surface area contributed by atoms with E-state index in [9.17, 15) is 27.2 Å². The van der Waals surface area contributed by atoms with Crippen molar-refractivity contribution in [3.8, 4) is 0 Å². The van der Waals surface area contributed by atoms with Crippen LogP contribution in [0.2, 0.25) is 0 Å². The first-order valence-electron chi connectivity index (χ1n) is 6.75. The molecule has 1 aromatic heterocycles. The normalized spacial score (nSPS) is 11.2. The summed E-state index contributed by atoms with van der Waals surface area (Å²) in [4.78, 5) is 26.0. The van der Waals surface area contributed by atoms with E-state index in [1.807, 2.05) is 0 Å². The Morgan fingerprint density at radius 2 is 1.92 bits per heavy atom. The molecule has 0 fully saturated rings. The molecule has 0 aliphatic carbocycles. The summed E-state index contributed by atoms with van der Waals surface area (Å²) in [5.41, 5.74) is -1.58. The summed E-state index contributed by atoms with van der Waals surface area (Å²) in [5, 5.41) is 2.27. The quantitative estimate of drug-likeness (QED) is 0.658. The summed E-state index contributed by atoms with van der Waals surface area (Å²) in [5.74, 6) is -2.78. The van der Waals surface area contributed by atoms with Gasteiger partial charge in [0.25, 0.3) is 5.91 Å². The van der Waals surface area contributed by atoms with E-state index in [1.165, 1.54) is 12.3 Å². The minimum absolute atomic E-state index is 0.0578. The zero-order chi connectivity index (χ0) is 17.9. The minimum atomic E-state index is -4.78. The van der Waals surface area contributed by atoms with Crippen molar-refractivity contribution in [3.63, 3.8) is 0 Å². The fraction of sp³-hybridized carbons (Fsp3) is 0.200. The topological polar surface area (TPSA) is 71.2 Å². The number of H-pyrrole nitrogens is 1. The van der Waals surface area contributed by atoms with Gasteiger partial charge in [0, 0.05) is 11.8 Å². The van der Waals surface area contributed by atoms with Crippen LogP contribution in [0.1, 0.15) is 33.3 Å². The number of hydrogen-bond donors (Lipinski definition) is 2. The van der Waals surface area contributed by atoms with E-state index in [2.05, 4.69) is 10.3 Å². The lowest BCUT2D eigenvalue weighted by Crippen LogP contribution is -2.14. The number of hydrogen-bond acceptors (Lipinski definition) is 3. The lowest BCUT2D eigenvalue weighted by molar-refractivity contribution is -0.137. The molecule has 5 nitrogen and oxygen atoms in total. The smallest absolute Gasteiger partial charge is 0.416 e. The molecule has 0 aliphatic heterocycles. The van der Waals surface area contributed by atoms with E-state index in [4.69, 9.17) is 4.74 Å². The summed E-state index contributed by atoms with van der Waals surface area (Å²) in [7, 11) is 0. The number of benzene rings is 1. The van der Waals surface area contributed by atoms with Crippen LogP contribution in [0.5, 0.6) is 0 Å². The number of carbonyl (C=O) groups is 2. The first-order chi connectivity index (χ1) is 11.2. The molecule has 1 heterocycles. The van der Waals surface area contributed by atoms with E-state index < -0.39 is 35.0 Å². The van der Waals surface area contributed by atoms with E-state index in [1.54, 1.807) is 6.92 Å². The fourth-order valence-corrected chi connectivity index (χ4v) is 1.88. The lowest BCUT2D eigenvalue weighted by atomic mass is 10.1. The number of halogens is 4. The Labute approximate surface area is 133 Å². The fourth-order valence-electron chi connectivity index (χ4n) is 1.88. The van der Waals surface area contributed by atoms with Gasteiger partial charge < -0.3 is 15.0 Å². The Bertz CT molecular complexity index is 768. The molecule has 2 aromatic rings. The first-order valence-corrected chi connectivity index (χ1v) is 6.75. The number of carbonyl (C=O) groups excluding carboxylic acids is 2. The first kappa shape index (κ1) is 17.5. The third-order valence-electron chi connectivity index (χ3n) is 2.92. The van der Waals surface area contributed by atoms with Crippen LogP contribution in [0.3, 0.4) is 0 Å². The van der Waals surface area contributed by atoms with Gasteiger partial charge in [-0.25, -0.2) is 9.18 Å². The molecule has 24 heavy (non-hydrogen) atoms. The molecule has 0 radical (unpaired) electrons. The van der Waals surface area contributed by atoms with Crippen LogP contribution in [0, 0.1) is 5.82 Å². The lowest BCUT2D eigenvalue weighted by Gasteiger charge is -2.09.